The average molecular weight is 406 g/mol. The van der Waals surface area contributed by atoms with Crippen LogP contribution in [0.4, 0.5) is 4.39 Å². The minimum atomic E-state index is -0.308. The fraction of sp³-hybridized carbons (Fsp3) is 0.100. The maximum atomic E-state index is 13.0. The maximum absolute atomic E-state index is 13.0. The van der Waals surface area contributed by atoms with E-state index in [2.05, 4.69) is 20.4 Å². The molecule has 0 saturated carbocycles. The first-order valence-corrected chi connectivity index (χ1v) is 9.70. The number of benzene rings is 2. The highest BCUT2D eigenvalue weighted by Gasteiger charge is 2.17. The van der Waals surface area contributed by atoms with Gasteiger partial charge in [0.05, 0.1) is 23.1 Å². The van der Waals surface area contributed by atoms with Gasteiger partial charge in [0.25, 0.3) is 0 Å². The van der Waals surface area contributed by atoms with Crippen LogP contribution in [0.5, 0.6) is 5.75 Å². The lowest BCUT2D eigenvalue weighted by Crippen LogP contribution is -2.02. The summed E-state index contributed by atoms with van der Waals surface area (Å²) in [5, 5.41) is 18.3. The first kappa shape index (κ1) is 17.5. The van der Waals surface area contributed by atoms with E-state index in [1.54, 1.807) is 16.6 Å². The fourth-order valence-corrected chi connectivity index (χ4v) is 3.90. The second kappa shape index (κ2) is 7.10. The number of hydrogen-bond donors (Lipinski definition) is 0. The van der Waals surface area contributed by atoms with Gasteiger partial charge in [-0.05, 0) is 43.3 Å². The Hall–Kier alpha value is -3.59. The van der Waals surface area contributed by atoms with Gasteiger partial charge in [0.15, 0.2) is 10.8 Å². The fourth-order valence-electron chi connectivity index (χ4n) is 2.98. The monoisotopic (exact) mass is 406 g/mol. The quantitative estimate of drug-likeness (QED) is 0.440. The van der Waals surface area contributed by atoms with Crippen LogP contribution in [0, 0.1) is 12.7 Å². The topological polar surface area (TPSA) is 70.1 Å². The van der Waals surface area contributed by atoms with E-state index in [1.807, 2.05) is 48.1 Å². The summed E-state index contributed by atoms with van der Waals surface area (Å²) in [6, 6.07) is 15.8. The second-order valence-electron chi connectivity index (χ2n) is 6.35. The molecule has 5 rings (SSSR count). The number of ether oxygens (including phenoxy) is 1. The molecule has 29 heavy (non-hydrogen) atoms. The Morgan fingerprint density at radius 3 is 2.62 bits per heavy atom. The highest BCUT2D eigenvalue weighted by atomic mass is 32.1. The van der Waals surface area contributed by atoms with E-state index in [0.717, 1.165) is 22.0 Å². The van der Waals surface area contributed by atoms with Crippen LogP contribution >= 0.6 is 11.3 Å². The van der Waals surface area contributed by atoms with Crippen LogP contribution in [-0.2, 0) is 6.61 Å². The molecule has 0 amide bonds. The van der Waals surface area contributed by atoms with Crippen molar-refractivity contribution >= 4 is 16.3 Å². The Bertz CT molecular complexity index is 1280. The molecule has 7 nitrogen and oxygen atoms in total. The van der Waals surface area contributed by atoms with E-state index >= 15 is 0 Å². The lowest BCUT2D eigenvalue weighted by atomic mass is 10.2. The third-order valence-electron chi connectivity index (χ3n) is 4.48. The zero-order valence-electron chi connectivity index (χ0n) is 15.4. The highest BCUT2D eigenvalue weighted by molar-refractivity contribution is 7.19. The minimum absolute atomic E-state index is 0.179. The molecule has 0 bridgehead atoms. The molecule has 2 aromatic carbocycles. The van der Waals surface area contributed by atoms with Crippen LogP contribution < -0.4 is 4.74 Å². The molecular formula is C20H15FN6OS. The van der Waals surface area contributed by atoms with Crippen molar-refractivity contribution in [3.8, 4) is 22.0 Å². The van der Waals surface area contributed by atoms with Gasteiger partial charge >= 0.3 is 0 Å². The average Bonchev–Trinajstić information content (AvgIpc) is 3.42. The van der Waals surface area contributed by atoms with Gasteiger partial charge in [0.2, 0.25) is 4.96 Å². The third kappa shape index (κ3) is 3.25. The van der Waals surface area contributed by atoms with Gasteiger partial charge in [-0.2, -0.15) is 14.7 Å². The number of rotatable bonds is 5. The summed E-state index contributed by atoms with van der Waals surface area (Å²) in [6.45, 7) is 2.19. The molecule has 0 saturated heterocycles. The molecule has 0 N–H and O–H groups in total. The largest absolute Gasteiger partial charge is 0.486 e. The summed E-state index contributed by atoms with van der Waals surface area (Å²) in [7, 11) is 0. The lowest BCUT2D eigenvalue weighted by Gasteiger charge is -2.04. The van der Waals surface area contributed by atoms with Crippen LogP contribution in [0.3, 0.4) is 0 Å². The molecule has 0 fully saturated rings. The van der Waals surface area contributed by atoms with Gasteiger partial charge in [-0.3, -0.25) is 0 Å². The number of halogens is 1. The maximum Gasteiger partial charge on any atom is 0.235 e. The Morgan fingerprint density at radius 2 is 1.83 bits per heavy atom. The summed E-state index contributed by atoms with van der Waals surface area (Å²) in [6.07, 6.45) is 1.81. The van der Waals surface area contributed by atoms with E-state index in [9.17, 15) is 4.39 Å². The number of fused-ring (bicyclic) bond motifs is 1. The van der Waals surface area contributed by atoms with Crippen LogP contribution in [0.25, 0.3) is 21.2 Å². The van der Waals surface area contributed by atoms with Crippen molar-refractivity contribution in [2.24, 2.45) is 0 Å². The number of nitrogens with zero attached hydrogens (tertiary/aromatic N) is 6. The van der Waals surface area contributed by atoms with Crippen molar-refractivity contribution in [3.05, 3.63) is 78.1 Å². The number of hydrogen-bond acceptors (Lipinski definition) is 6. The predicted octanol–water partition coefficient (Wildman–Crippen LogP) is 4.07. The highest BCUT2D eigenvalue weighted by Crippen LogP contribution is 2.29. The van der Waals surface area contributed by atoms with E-state index in [4.69, 9.17) is 4.74 Å². The first-order valence-electron chi connectivity index (χ1n) is 8.89. The van der Waals surface area contributed by atoms with Gasteiger partial charge in [-0.15, -0.1) is 10.2 Å². The molecule has 0 aliphatic carbocycles. The smallest absolute Gasteiger partial charge is 0.235 e. The molecule has 5 aromatic rings. The molecule has 9 heteroatoms. The van der Waals surface area contributed by atoms with Crippen LogP contribution in [0.15, 0.2) is 60.8 Å². The Kier molecular flexibility index (Phi) is 4.28. The zero-order valence-corrected chi connectivity index (χ0v) is 16.2. The second-order valence-corrected chi connectivity index (χ2v) is 7.31. The van der Waals surface area contributed by atoms with Crippen LogP contribution in [0.1, 0.15) is 11.5 Å². The Balaban J connectivity index is 1.43. The summed E-state index contributed by atoms with van der Waals surface area (Å²) in [4.78, 5) is 0.671. The number of aromatic nitrogens is 6. The van der Waals surface area contributed by atoms with E-state index in [1.165, 1.54) is 23.5 Å². The zero-order chi connectivity index (χ0) is 19.8. The van der Waals surface area contributed by atoms with Crippen molar-refractivity contribution in [2.75, 3.05) is 0 Å². The summed E-state index contributed by atoms with van der Waals surface area (Å²) < 4.78 is 22.2. The lowest BCUT2D eigenvalue weighted by molar-refractivity contribution is 0.292. The van der Waals surface area contributed by atoms with Gasteiger partial charge in [0.1, 0.15) is 18.2 Å². The third-order valence-corrected chi connectivity index (χ3v) is 5.41. The van der Waals surface area contributed by atoms with Gasteiger partial charge < -0.3 is 4.74 Å². The molecule has 0 radical (unpaired) electrons. The van der Waals surface area contributed by atoms with Crippen molar-refractivity contribution in [1.82, 2.24) is 29.6 Å². The predicted molar refractivity (Wildman–Crippen MR) is 107 cm³/mol. The van der Waals surface area contributed by atoms with Crippen molar-refractivity contribution in [1.29, 1.82) is 0 Å². The first-order chi connectivity index (χ1) is 14.2. The van der Waals surface area contributed by atoms with Crippen LogP contribution in [-0.4, -0.2) is 29.6 Å². The van der Waals surface area contributed by atoms with Gasteiger partial charge in [-0.1, -0.05) is 29.5 Å². The standard InChI is InChI=1S/C20H15FN6OS/c1-13-17(11-22-26(13)15-5-3-2-4-6-15)19-25-27-18(23-24-20(27)29-19)12-28-16-9-7-14(21)8-10-16/h2-11H,12H2,1H3. The molecule has 0 aliphatic rings. The van der Waals surface area contributed by atoms with Gasteiger partial charge in [-0.25, -0.2) is 9.07 Å². The van der Waals surface area contributed by atoms with Crippen LogP contribution in [0.2, 0.25) is 0 Å². The molecule has 144 valence electrons. The van der Waals surface area contributed by atoms with Crippen molar-refractivity contribution < 1.29 is 9.13 Å². The summed E-state index contributed by atoms with van der Waals surface area (Å²) in [5.74, 6) is 0.816. The minimum Gasteiger partial charge on any atom is -0.486 e. The Labute approximate surface area is 169 Å². The summed E-state index contributed by atoms with van der Waals surface area (Å²) in [5.41, 5.74) is 2.92. The molecule has 0 spiro atoms. The van der Waals surface area contributed by atoms with E-state index in [0.29, 0.717) is 16.5 Å². The molecule has 0 unspecified atom stereocenters. The normalized spacial score (nSPS) is 11.2. The van der Waals surface area contributed by atoms with Crippen molar-refractivity contribution in [2.45, 2.75) is 13.5 Å². The Morgan fingerprint density at radius 1 is 1.03 bits per heavy atom. The molecule has 0 aliphatic heterocycles. The molecule has 3 aromatic heterocycles. The SMILES string of the molecule is Cc1c(-c2nn3c(COc4ccc(F)cc4)nnc3s2)cnn1-c1ccccc1. The van der Waals surface area contributed by atoms with E-state index in [-0.39, 0.29) is 12.4 Å². The van der Waals surface area contributed by atoms with Gasteiger partial charge in [0, 0.05) is 0 Å². The van der Waals surface area contributed by atoms with E-state index < -0.39 is 0 Å². The summed E-state index contributed by atoms with van der Waals surface area (Å²) >= 11 is 1.44. The molecule has 0 atom stereocenters. The molecule has 3 heterocycles. The molecular weight excluding hydrogens is 391 g/mol. The number of para-hydroxylation sites is 1. The van der Waals surface area contributed by atoms with Crippen molar-refractivity contribution in [3.63, 3.8) is 0 Å².